The molecule has 2 amide bonds. The minimum Gasteiger partial charge on any atom is -0.508 e. The molecule has 0 aliphatic heterocycles. The number of phenolic OH excluding ortho intramolecular Hbond substituents is 1. The fourth-order valence-electron chi connectivity index (χ4n) is 1.69. The summed E-state index contributed by atoms with van der Waals surface area (Å²) >= 11 is 5.45. The monoisotopic (exact) mass is 329 g/mol. The van der Waals surface area contributed by atoms with Gasteiger partial charge < -0.3 is 15.2 Å². The molecule has 1 atom stereocenters. The van der Waals surface area contributed by atoms with Crippen LogP contribution in [0.4, 0.5) is 4.79 Å². The number of halogens is 1. The molecule has 1 aromatic carbocycles. The van der Waals surface area contributed by atoms with Gasteiger partial charge in [-0.3, -0.25) is 0 Å². The first-order chi connectivity index (χ1) is 10.5. The summed E-state index contributed by atoms with van der Waals surface area (Å²) in [6.07, 6.45) is 0.131. The largest absolute Gasteiger partial charge is 0.508 e. The number of carbonyl (C=O) groups is 2. The number of esters is 1. The molecule has 22 heavy (non-hydrogen) atoms. The van der Waals surface area contributed by atoms with E-state index < -0.39 is 18.0 Å². The van der Waals surface area contributed by atoms with E-state index in [2.05, 4.69) is 15.3 Å². The zero-order valence-electron chi connectivity index (χ0n) is 11.9. The van der Waals surface area contributed by atoms with Gasteiger partial charge in [0.25, 0.3) is 0 Å². The Morgan fingerprint density at radius 1 is 1.41 bits per heavy atom. The number of benzene rings is 1. The Balaban J connectivity index is 2.80. The number of nitrogens with one attached hydrogen (secondary N) is 1. The maximum Gasteiger partial charge on any atom is 0.341 e. The lowest BCUT2D eigenvalue weighted by Crippen LogP contribution is -2.48. The van der Waals surface area contributed by atoms with Crippen molar-refractivity contribution in [2.45, 2.75) is 12.5 Å². The lowest BCUT2D eigenvalue weighted by Gasteiger charge is -2.19. The van der Waals surface area contributed by atoms with Crippen LogP contribution in [-0.2, 0) is 16.0 Å². The van der Waals surface area contributed by atoms with Crippen LogP contribution in [0, 0.1) is 4.91 Å². The van der Waals surface area contributed by atoms with Gasteiger partial charge in [-0.15, -0.1) is 16.5 Å². The average molecular weight is 330 g/mol. The third-order valence-electron chi connectivity index (χ3n) is 2.79. The molecular weight excluding hydrogens is 314 g/mol. The molecule has 0 bridgehead atoms. The normalized spacial score (nSPS) is 11.4. The van der Waals surface area contributed by atoms with Gasteiger partial charge in [0.2, 0.25) is 0 Å². The molecule has 8 nitrogen and oxygen atoms in total. The summed E-state index contributed by atoms with van der Waals surface area (Å²) in [6, 6.07) is 4.28. The Bertz CT molecular complexity index is 523. The van der Waals surface area contributed by atoms with Gasteiger partial charge in [0.05, 0.1) is 18.9 Å². The summed E-state index contributed by atoms with van der Waals surface area (Å²) in [5.74, 6) is -0.556. The third-order valence-corrected chi connectivity index (χ3v) is 2.96. The first kappa shape index (κ1) is 17.7. The van der Waals surface area contributed by atoms with Gasteiger partial charge in [-0.25, -0.2) is 9.59 Å². The van der Waals surface area contributed by atoms with E-state index in [-0.39, 0.29) is 24.6 Å². The molecule has 9 heteroatoms. The summed E-state index contributed by atoms with van der Waals surface area (Å²) in [6.45, 7) is -0.0794. The predicted octanol–water partition coefficient (Wildman–Crippen LogP) is 1.41. The Morgan fingerprint density at radius 2 is 2.05 bits per heavy atom. The van der Waals surface area contributed by atoms with E-state index in [0.29, 0.717) is 10.6 Å². The van der Waals surface area contributed by atoms with E-state index in [4.69, 9.17) is 11.6 Å². The summed E-state index contributed by atoms with van der Waals surface area (Å²) in [5.41, 5.74) is 0.691. The van der Waals surface area contributed by atoms with Gasteiger partial charge in [-0.1, -0.05) is 12.1 Å². The molecule has 0 aliphatic rings. The number of nitrogens with zero attached hydrogens (tertiary/aromatic N) is 2. The summed E-state index contributed by atoms with van der Waals surface area (Å²) < 4.78 is 4.63. The quantitative estimate of drug-likeness (QED) is 0.340. The number of methoxy groups -OCH3 is 1. The smallest absolute Gasteiger partial charge is 0.341 e. The SMILES string of the molecule is COC(=O)C(Cc1ccc(O)cc1)NC(=O)N(CCCl)N=O. The minimum atomic E-state index is -0.999. The van der Waals surface area contributed by atoms with Crippen molar-refractivity contribution in [1.29, 1.82) is 0 Å². The second-order valence-corrected chi connectivity index (χ2v) is 4.67. The zero-order valence-corrected chi connectivity index (χ0v) is 12.6. The molecule has 1 unspecified atom stereocenters. The fraction of sp³-hybridized carbons (Fsp3) is 0.385. The van der Waals surface area contributed by atoms with Crippen LogP contribution < -0.4 is 5.32 Å². The molecule has 0 radical (unpaired) electrons. The van der Waals surface area contributed by atoms with Crippen molar-refractivity contribution in [2.75, 3.05) is 19.5 Å². The Hall–Kier alpha value is -2.35. The maximum absolute atomic E-state index is 11.9. The molecule has 0 aromatic heterocycles. The van der Waals surface area contributed by atoms with Crippen molar-refractivity contribution in [3.8, 4) is 5.75 Å². The van der Waals surface area contributed by atoms with E-state index in [0.717, 1.165) is 0 Å². The topological polar surface area (TPSA) is 108 Å². The third kappa shape index (κ3) is 5.21. The molecule has 0 heterocycles. The number of hydrogen-bond donors (Lipinski definition) is 2. The number of carbonyl (C=O) groups excluding carboxylic acids is 2. The zero-order chi connectivity index (χ0) is 16.5. The molecule has 0 saturated carbocycles. The molecular formula is C13H16ClN3O5. The molecule has 2 N–H and O–H groups in total. The van der Waals surface area contributed by atoms with E-state index in [1.165, 1.54) is 19.2 Å². The fourth-order valence-corrected chi connectivity index (χ4v) is 1.85. The Labute approximate surface area is 131 Å². The molecule has 1 aromatic rings. The molecule has 120 valence electrons. The van der Waals surface area contributed by atoms with Gasteiger partial charge in [-0.05, 0) is 17.7 Å². The van der Waals surface area contributed by atoms with Crippen molar-refractivity contribution in [3.63, 3.8) is 0 Å². The number of amides is 2. The minimum absolute atomic E-state index is 0.0278. The molecule has 0 fully saturated rings. The Kier molecular flexibility index (Phi) is 7.11. The number of ether oxygens (including phenoxy) is 1. The van der Waals surface area contributed by atoms with Crippen LogP contribution in [0.15, 0.2) is 29.6 Å². The second kappa shape index (κ2) is 8.83. The molecule has 1 rings (SSSR count). The lowest BCUT2D eigenvalue weighted by molar-refractivity contribution is -0.142. The van der Waals surface area contributed by atoms with Gasteiger partial charge >= 0.3 is 12.0 Å². The van der Waals surface area contributed by atoms with Crippen molar-refractivity contribution in [1.82, 2.24) is 10.3 Å². The average Bonchev–Trinajstić information content (AvgIpc) is 2.53. The molecule has 0 aliphatic carbocycles. The lowest BCUT2D eigenvalue weighted by atomic mass is 10.1. The number of aromatic hydroxyl groups is 1. The van der Waals surface area contributed by atoms with E-state index in [9.17, 15) is 19.6 Å². The molecule has 0 spiro atoms. The van der Waals surface area contributed by atoms with Gasteiger partial charge in [-0.2, -0.15) is 5.01 Å². The van der Waals surface area contributed by atoms with Gasteiger partial charge in [0, 0.05) is 12.3 Å². The summed E-state index contributed by atoms with van der Waals surface area (Å²) in [7, 11) is 1.19. The van der Waals surface area contributed by atoms with E-state index >= 15 is 0 Å². The van der Waals surface area contributed by atoms with E-state index in [1.54, 1.807) is 12.1 Å². The van der Waals surface area contributed by atoms with Crippen molar-refractivity contribution >= 4 is 23.6 Å². The molecule has 0 saturated heterocycles. The van der Waals surface area contributed by atoms with Crippen LogP contribution in [0.25, 0.3) is 0 Å². The van der Waals surface area contributed by atoms with Crippen LogP contribution in [0.5, 0.6) is 5.75 Å². The van der Waals surface area contributed by atoms with Crippen molar-refractivity contribution in [3.05, 3.63) is 34.7 Å². The number of phenols is 1. The van der Waals surface area contributed by atoms with Gasteiger partial charge in [0.1, 0.15) is 11.8 Å². The number of rotatable bonds is 7. The highest BCUT2D eigenvalue weighted by atomic mass is 35.5. The van der Waals surface area contributed by atoms with E-state index in [1.807, 2.05) is 0 Å². The highest BCUT2D eigenvalue weighted by Gasteiger charge is 2.25. The predicted molar refractivity (Wildman–Crippen MR) is 79.4 cm³/mol. The maximum atomic E-state index is 11.9. The van der Waals surface area contributed by atoms with Crippen LogP contribution in [0.1, 0.15) is 5.56 Å². The summed E-state index contributed by atoms with van der Waals surface area (Å²) in [4.78, 5) is 34.2. The highest BCUT2D eigenvalue weighted by molar-refractivity contribution is 6.18. The number of nitroso groups, excluding NO2 is 1. The number of alkyl halides is 1. The van der Waals surface area contributed by atoms with Crippen LogP contribution in [0.2, 0.25) is 0 Å². The standard InChI is InChI=1S/C13H16ClN3O5/c1-22-12(19)11(8-9-2-4-10(18)5-3-9)15-13(20)17(16-21)7-6-14/h2-5,11,18H,6-8H2,1H3,(H,15,20). The van der Waals surface area contributed by atoms with Crippen molar-refractivity contribution in [2.24, 2.45) is 5.29 Å². The highest BCUT2D eigenvalue weighted by Crippen LogP contribution is 2.12. The number of hydrogen-bond acceptors (Lipinski definition) is 6. The van der Waals surface area contributed by atoms with Crippen molar-refractivity contribution < 1.29 is 19.4 Å². The first-order valence-electron chi connectivity index (χ1n) is 6.34. The second-order valence-electron chi connectivity index (χ2n) is 4.29. The number of urea groups is 1. The first-order valence-corrected chi connectivity index (χ1v) is 6.88. The van der Waals surface area contributed by atoms with Gasteiger partial charge in [0.15, 0.2) is 0 Å². The van der Waals surface area contributed by atoms with Crippen LogP contribution in [-0.4, -0.2) is 47.7 Å². The summed E-state index contributed by atoms with van der Waals surface area (Å²) in [5, 5.41) is 14.7. The van der Waals surface area contributed by atoms with Crippen LogP contribution >= 0.6 is 11.6 Å². The Morgan fingerprint density at radius 3 is 2.55 bits per heavy atom. The van der Waals surface area contributed by atoms with Crippen LogP contribution in [0.3, 0.4) is 0 Å².